The van der Waals surface area contributed by atoms with E-state index in [9.17, 15) is 9.59 Å². The predicted octanol–water partition coefficient (Wildman–Crippen LogP) is 2.56. The summed E-state index contributed by atoms with van der Waals surface area (Å²) in [5.41, 5.74) is 1.63. The van der Waals surface area contributed by atoms with E-state index < -0.39 is 0 Å². The maximum atomic E-state index is 12.2. The zero-order valence-corrected chi connectivity index (χ0v) is 14.8. The molecule has 1 atom stereocenters. The third-order valence-corrected chi connectivity index (χ3v) is 4.21. The molecule has 1 fully saturated rings. The van der Waals surface area contributed by atoms with Crippen LogP contribution >= 0.6 is 0 Å². The van der Waals surface area contributed by atoms with Crippen molar-refractivity contribution in [2.45, 2.75) is 32.2 Å². The molecule has 1 saturated heterocycles. The lowest BCUT2D eigenvalue weighted by Crippen LogP contribution is -2.41. The van der Waals surface area contributed by atoms with Gasteiger partial charge in [-0.15, -0.1) is 6.58 Å². The first-order valence-electron chi connectivity index (χ1n) is 8.75. The monoisotopic (exact) mass is 345 g/mol. The van der Waals surface area contributed by atoms with Gasteiger partial charge in [-0.2, -0.15) is 0 Å². The topological polar surface area (TPSA) is 70.7 Å². The molecule has 0 aliphatic carbocycles. The number of morpholine rings is 1. The molecule has 25 heavy (non-hydrogen) atoms. The van der Waals surface area contributed by atoms with Crippen LogP contribution < -0.4 is 10.6 Å². The number of urea groups is 1. The van der Waals surface area contributed by atoms with Crippen molar-refractivity contribution < 1.29 is 14.3 Å². The van der Waals surface area contributed by atoms with E-state index >= 15 is 0 Å². The van der Waals surface area contributed by atoms with Crippen LogP contribution in [0.5, 0.6) is 0 Å². The minimum Gasteiger partial charge on any atom is -0.378 e. The molecule has 0 saturated carbocycles. The fourth-order valence-electron chi connectivity index (χ4n) is 2.69. The molecular formula is C19H27N3O3. The van der Waals surface area contributed by atoms with E-state index in [1.165, 1.54) is 0 Å². The molecule has 1 aliphatic heterocycles. The van der Waals surface area contributed by atoms with Gasteiger partial charge in [0.1, 0.15) is 0 Å². The summed E-state index contributed by atoms with van der Waals surface area (Å²) >= 11 is 0. The van der Waals surface area contributed by atoms with Crippen molar-refractivity contribution in [3.05, 3.63) is 42.5 Å². The summed E-state index contributed by atoms with van der Waals surface area (Å²) < 4.78 is 5.26. The van der Waals surface area contributed by atoms with Crippen LogP contribution in [0.15, 0.2) is 36.9 Å². The van der Waals surface area contributed by atoms with Gasteiger partial charge in [0, 0.05) is 24.8 Å². The highest BCUT2D eigenvalue weighted by atomic mass is 16.5. The van der Waals surface area contributed by atoms with Crippen molar-refractivity contribution in [3.8, 4) is 0 Å². The van der Waals surface area contributed by atoms with Crippen LogP contribution in [0.4, 0.5) is 10.5 Å². The van der Waals surface area contributed by atoms with Gasteiger partial charge in [0.2, 0.25) is 5.91 Å². The lowest BCUT2D eigenvalue weighted by molar-refractivity contribution is -0.134. The van der Waals surface area contributed by atoms with Crippen LogP contribution in [0.2, 0.25) is 0 Å². The molecular weight excluding hydrogens is 318 g/mol. The highest BCUT2D eigenvalue weighted by Crippen LogP contribution is 2.12. The van der Waals surface area contributed by atoms with Gasteiger partial charge in [-0.3, -0.25) is 4.79 Å². The zero-order chi connectivity index (χ0) is 18.1. The summed E-state index contributed by atoms with van der Waals surface area (Å²) in [6.45, 7) is 8.24. The summed E-state index contributed by atoms with van der Waals surface area (Å²) in [5, 5.41) is 5.72. The van der Waals surface area contributed by atoms with Gasteiger partial charge in [-0.05, 0) is 30.5 Å². The van der Waals surface area contributed by atoms with E-state index in [1.807, 2.05) is 36.1 Å². The Morgan fingerprint density at radius 3 is 2.56 bits per heavy atom. The number of rotatable bonds is 7. The van der Waals surface area contributed by atoms with Crippen LogP contribution in [0, 0.1) is 0 Å². The number of anilines is 1. The Bertz CT molecular complexity index is 580. The Kier molecular flexibility index (Phi) is 7.47. The molecule has 0 unspecified atom stereocenters. The first-order valence-corrected chi connectivity index (χ1v) is 8.75. The maximum absolute atomic E-state index is 12.2. The SMILES string of the molecule is C=CC[C@@H](CC)NC(=O)Nc1ccc(CC(=O)N2CCOCC2)cc1. The number of nitrogens with one attached hydrogen (secondary N) is 2. The molecule has 0 bridgehead atoms. The van der Waals surface area contributed by atoms with Crippen LogP contribution in [0.1, 0.15) is 25.3 Å². The van der Waals surface area contributed by atoms with Gasteiger partial charge in [0.25, 0.3) is 0 Å². The quantitative estimate of drug-likeness (QED) is 0.746. The Hall–Kier alpha value is -2.34. The molecule has 3 amide bonds. The highest BCUT2D eigenvalue weighted by molar-refractivity contribution is 5.89. The van der Waals surface area contributed by atoms with E-state index in [0.29, 0.717) is 38.4 Å². The second-order valence-corrected chi connectivity index (χ2v) is 6.09. The Labute approximate surface area is 149 Å². The van der Waals surface area contributed by atoms with E-state index in [0.717, 1.165) is 18.4 Å². The second-order valence-electron chi connectivity index (χ2n) is 6.09. The number of amides is 3. The average molecular weight is 345 g/mol. The molecule has 6 nitrogen and oxygen atoms in total. The predicted molar refractivity (Wildman–Crippen MR) is 98.6 cm³/mol. The molecule has 1 heterocycles. The minimum atomic E-state index is -0.231. The minimum absolute atomic E-state index is 0.0860. The summed E-state index contributed by atoms with van der Waals surface area (Å²) in [5.74, 6) is 0.108. The lowest BCUT2D eigenvalue weighted by Gasteiger charge is -2.26. The van der Waals surface area contributed by atoms with Gasteiger partial charge in [-0.25, -0.2) is 4.79 Å². The third kappa shape index (κ3) is 6.23. The van der Waals surface area contributed by atoms with Crippen molar-refractivity contribution >= 4 is 17.6 Å². The summed E-state index contributed by atoms with van der Waals surface area (Å²) in [4.78, 5) is 26.1. The Balaban J connectivity index is 1.83. The molecule has 1 aromatic carbocycles. The molecule has 1 aliphatic rings. The number of nitrogens with zero attached hydrogens (tertiary/aromatic N) is 1. The number of carbonyl (C=O) groups is 2. The van der Waals surface area contributed by atoms with Crippen molar-refractivity contribution in [1.82, 2.24) is 10.2 Å². The molecule has 136 valence electrons. The zero-order valence-electron chi connectivity index (χ0n) is 14.8. The van der Waals surface area contributed by atoms with Crippen molar-refractivity contribution in [2.24, 2.45) is 0 Å². The van der Waals surface area contributed by atoms with Crippen LogP contribution in [0.25, 0.3) is 0 Å². The van der Waals surface area contributed by atoms with E-state index in [1.54, 1.807) is 6.08 Å². The molecule has 0 aromatic heterocycles. The number of ether oxygens (including phenoxy) is 1. The van der Waals surface area contributed by atoms with Crippen molar-refractivity contribution in [2.75, 3.05) is 31.6 Å². The van der Waals surface area contributed by atoms with Gasteiger partial charge in [0.05, 0.1) is 19.6 Å². The number of benzene rings is 1. The number of carbonyl (C=O) groups excluding carboxylic acids is 2. The normalized spacial score (nSPS) is 15.3. The van der Waals surface area contributed by atoms with Gasteiger partial charge < -0.3 is 20.3 Å². The molecule has 0 radical (unpaired) electrons. The second kappa shape index (κ2) is 9.84. The fourth-order valence-corrected chi connectivity index (χ4v) is 2.69. The first kappa shape index (κ1) is 19.0. The van der Waals surface area contributed by atoms with Crippen molar-refractivity contribution in [1.29, 1.82) is 0 Å². The van der Waals surface area contributed by atoms with E-state index in [4.69, 9.17) is 4.74 Å². The highest BCUT2D eigenvalue weighted by Gasteiger charge is 2.17. The largest absolute Gasteiger partial charge is 0.378 e. The van der Waals surface area contributed by atoms with Gasteiger partial charge in [0.15, 0.2) is 0 Å². The molecule has 6 heteroatoms. The molecule has 0 spiro atoms. The summed E-state index contributed by atoms with van der Waals surface area (Å²) in [6.07, 6.45) is 3.76. The van der Waals surface area contributed by atoms with E-state index in [2.05, 4.69) is 17.2 Å². The van der Waals surface area contributed by atoms with Crippen LogP contribution in [-0.4, -0.2) is 49.2 Å². The summed E-state index contributed by atoms with van der Waals surface area (Å²) in [7, 11) is 0. The maximum Gasteiger partial charge on any atom is 0.319 e. The Morgan fingerprint density at radius 2 is 1.96 bits per heavy atom. The van der Waals surface area contributed by atoms with Crippen LogP contribution in [0.3, 0.4) is 0 Å². The average Bonchev–Trinajstić information content (AvgIpc) is 2.63. The smallest absolute Gasteiger partial charge is 0.319 e. The lowest BCUT2D eigenvalue weighted by atomic mass is 10.1. The number of hydrogen-bond acceptors (Lipinski definition) is 3. The standard InChI is InChI=1S/C19H27N3O3/c1-3-5-16(4-2)20-19(24)21-17-8-6-15(7-9-17)14-18(23)22-10-12-25-13-11-22/h3,6-9,16H,1,4-5,10-14H2,2H3,(H2,20,21,24)/t16-/m1/s1. The van der Waals surface area contributed by atoms with Crippen LogP contribution in [-0.2, 0) is 16.0 Å². The molecule has 2 N–H and O–H groups in total. The number of hydrogen-bond donors (Lipinski definition) is 2. The fraction of sp³-hybridized carbons (Fsp3) is 0.474. The van der Waals surface area contributed by atoms with E-state index in [-0.39, 0.29) is 18.0 Å². The van der Waals surface area contributed by atoms with Gasteiger partial charge in [-0.1, -0.05) is 25.1 Å². The first-order chi connectivity index (χ1) is 12.1. The third-order valence-electron chi connectivity index (χ3n) is 4.21. The molecule has 2 rings (SSSR count). The summed E-state index contributed by atoms with van der Waals surface area (Å²) in [6, 6.07) is 7.23. The van der Waals surface area contributed by atoms with Crippen molar-refractivity contribution in [3.63, 3.8) is 0 Å². The Morgan fingerprint density at radius 1 is 1.28 bits per heavy atom. The molecule has 1 aromatic rings. The van der Waals surface area contributed by atoms with Gasteiger partial charge >= 0.3 is 6.03 Å².